The molecule has 2 saturated heterocycles. The molecular weight excluding hydrogens is 1110 g/mol. The van der Waals surface area contributed by atoms with E-state index in [1.54, 1.807) is 24.3 Å². The van der Waals surface area contributed by atoms with Crippen LogP contribution in [0.2, 0.25) is 0 Å². The summed E-state index contributed by atoms with van der Waals surface area (Å²) in [5.74, 6) is -9.35. The van der Waals surface area contributed by atoms with Crippen LogP contribution in [0.15, 0.2) is 42.5 Å². The van der Waals surface area contributed by atoms with Gasteiger partial charge in [0.05, 0.1) is 61.4 Å². The van der Waals surface area contributed by atoms with Crippen molar-refractivity contribution in [1.29, 1.82) is 0 Å². The molecule has 0 aromatic heterocycles. The maximum absolute atomic E-state index is 14.3. The lowest BCUT2D eigenvalue weighted by Gasteiger charge is -2.43. The van der Waals surface area contributed by atoms with Gasteiger partial charge in [-0.1, -0.05) is 64.1 Å². The van der Waals surface area contributed by atoms with Crippen LogP contribution >= 0.6 is 0 Å². The molecule has 3 aromatic rings. The first kappa shape index (κ1) is 64.7. The lowest BCUT2D eigenvalue weighted by Crippen LogP contribution is -2.60. The third kappa shape index (κ3) is 14.3. The van der Waals surface area contributed by atoms with Gasteiger partial charge in [0, 0.05) is 49.5 Å². The molecule has 3 aromatic carbocycles. The van der Waals surface area contributed by atoms with E-state index in [9.17, 15) is 73.5 Å². The number of carboxylic acid groups (broad SMARTS) is 1. The molecule has 25 nitrogen and oxygen atoms in total. The molecule has 4 aliphatic rings. The highest BCUT2D eigenvalue weighted by molar-refractivity contribution is 6.31. The molecule has 85 heavy (non-hydrogen) atoms. The molecule has 0 saturated carbocycles. The number of ketones is 3. The van der Waals surface area contributed by atoms with E-state index in [1.807, 2.05) is 27.7 Å². The van der Waals surface area contributed by atoms with E-state index in [1.165, 1.54) is 56.0 Å². The summed E-state index contributed by atoms with van der Waals surface area (Å²) in [7, 11) is 2.76. The number of hydrogen-bond acceptors (Lipinski definition) is 18. The van der Waals surface area contributed by atoms with Crippen LogP contribution < -0.4 is 26.0 Å². The van der Waals surface area contributed by atoms with E-state index in [-0.39, 0.29) is 90.8 Å². The van der Waals surface area contributed by atoms with E-state index in [0.29, 0.717) is 17.5 Å². The largest absolute Gasteiger partial charge is 0.507 e. The van der Waals surface area contributed by atoms with E-state index in [4.69, 9.17) is 19.3 Å². The summed E-state index contributed by atoms with van der Waals surface area (Å²) in [6.45, 7) is 8.70. The number of carbonyl (C=O) groups excluding carboxylic acids is 9. The molecule has 2 heterocycles. The van der Waals surface area contributed by atoms with Crippen LogP contribution in [0.1, 0.15) is 140 Å². The second kappa shape index (κ2) is 27.0. The standard InChI is InChI=1S/C60H76N6O19/c1-28(2)19-37(64-58(80)38-12-10-18-66(38)44(70)26-61-56(78)30(5)62-59(81)39(20-29(3)4)65(7)43(69)21-32-14-16-33(17-15-32)22-45(71)72)57(79)63-36-23-46(84-31(6)51(36)73)85-41-25-60(82,42(68)27-67)24-35-48(41)55(77)50-49(53(35)75)52(74)34-11-9-13-40(83-8)47(34)54(50)76/h9,11,13-17,28-31,36-39,41,46,51,67,73,75,77,82H,10,12,18-27H2,1-8H3,(H,61,78)(H,62,81)(H,63,79)(H,64,80)(H,71,72)/t30-,31-,36-,37-,38-,39-,41-,46-,51+,60-/m0/s1. The minimum atomic E-state index is -2.44. The zero-order valence-corrected chi connectivity index (χ0v) is 48.8. The summed E-state index contributed by atoms with van der Waals surface area (Å²) in [6.07, 6.45) is -6.41. The first-order chi connectivity index (χ1) is 40.1. The fourth-order valence-corrected chi connectivity index (χ4v) is 11.6. The molecule has 460 valence electrons. The van der Waals surface area contributed by atoms with Crippen molar-refractivity contribution in [3.8, 4) is 17.2 Å². The number of aliphatic hydroxyl groups excluding tert-OH is 2. The molecule has 10 atom stereocenters. The number of methoxy groups -OCH3 is 1. The fourth-order valence-electron chi connectivity index (χ4n) is 11.6. The van der Waals surface area contributed by atoms with Gasteiger partial charge in [-0.15, -0.1) is 0 Å². The molecule has 25 heteroatoms. The summed E-state index contributed by atoms with van der Waals surface area (Å²) in [5.41, 5.74) is -3.35. The Morgan fingerprint density at radius 1 is 0.847 bits per heavy atom. The van der Waals surface area contributed by atoms with Crippen molar-refractivity contribution in [3.63, 3.8) is 0 Å². The summed E-state index contributed by atoms with van der Waals surface area (Å²) in [6, 6.07) is 5.20. The third-order valence-electron chi connectivity index (χ3n) is 16.1. The Kier molecular flexibility index (Phi) is 20.6. The number of aliphatic hydroxyl groups is 3. The number of ether oxygens (including phenoxy) is 3. The highest BCUT2D eigenvalue weighted by Crippen LogP contribution is 2.52. The molecule has 2 aliphatic carbocycles. The number of phenols is 2. The number of carboxylic acids is 1. The Balaban J connectivity index is 0.991. The van der Waals surface area contributed by atoms with Gasteiger partial charge >= 0.3 is 5.97 Å². The molecule has 6 amide bonds. The van der Waals surface area contributed by atoms with Crippen molar-refractivity contribution < 1.29 is 92.8 Å². The van der Waals surface area contributed by atoms with Gasteiger partial charge in [0.25, 0.3) is 0 Å². The average molecular weight is 1190 g/mol. The number of likely N-dealkylation sites (N-methyl/N-ethyl adjacent to an activating group) is 1. The summed E-state index contributed by atoms with van der Waals surface area (Å²) >= 11 is 0. The highest BCUT2D eigenvalue weighted by atomic mass is 16.7. The van der Waals surface area contributed by atoms with Crippen molar-refractivity contribution >= 4 is 58.8 Å². The van der Waals surface area contributed by atoms with Gasteiger partial charge in [-0.3, -0.25) is 47.9 Å². The second-order valence-electron chi connectivity index (χ2n) is 23.2. The molecule has 10 N–H and O–H groups in total. The fraction of sp³-hybridized carbons (Fsp3) is 0.533. The average Bonchev–Trinajstić information content (AvgIpc) is 1.11. The second-order valence-corrected chi connectivity index (χ2v) is 23.2. The molecule has 0 bridgehead atoms. The number of hydrogen-bond donors (Lipinski definition) is 10. The Morgan fingerprint density at radius 3 is 2.12 bits per heavy atom. The first-order valence-corrected chi connectivity index (χ1v) is 28.3. The van der Waals surface area contributed by atoms with Crippen LogP contribution in [0.4, 0.5) is 0 Å². The van der Waals surface area contributed by atoms with E-state index < -0.39 is 162 Å². The van der Waals surface area contributed by atoms with Crippen molar-refractivity contribution in [2.24, 2.45) is 11.8 Å². The van der Waals surface area contributed by atoms with Gasteiger partial charge in [0.15, 0.2) is 17.9 Å². The summed E-state index contributed by atoms with van der Waals surface area (Å²) < 4.78 is 17.7. The highest BCUT2D eigenvalue weighted by Gasteiger charge is 2.51. The number of aromatic hydroxyl groups is 2. The zero-order valence-electron chi connectivity index (χ0n) is 48.8. The maximum atomic E-state index is 14.3. The molecule has 0 spiro atoms. The topological polar surface area (TPSA) is 374 Å². The van der Waals surface area contributed by atoms with Crippen LogP contribution in [-0.4, -0.2) is 187 Å². The molecule has 0 radical (unpaired) electrons. The number of amides is 6. The van der Waals surface area contributed by atoms with Crippen LogP contribution in [0.3, 0.4) is 0 Å². The van der Waals surface area contributed by atoms with Gasteiger partial charge in [0.2, 0.25) is 41.2 Å². The molecular formula is C60H76N6O19. The summed E-state index contributed by atoms with van der Waals surface area (Å²) in [5, 5.41) is 76.7. The Hall–Kier alpha value is -7.84. The number of carbonyl (C=O) groups is 10. The van der Waals surface area contributed by atoms with Crippen molar-refractivity contribution in [3.05, 3.63) is 87.0 Å². The minimum Gasteiger partial charge on any atom is -0.507 e. The summed E-state index contributed by atoms with van der Waals surface area (Å²) in [4.78, 5) is 137. The Morgan fingerprint density at radius 2 is 1.49 bits per heavy atom. The van der Waals surface area contributed by atoms with Crippen molar-refractivity contribution in [2.45, 2.75) is 160 Å². The number of phenolic OH excluding ortho intramolecular Hbond substituents is 2. The number of fused-ring (bicyclic) bond motifs is 3. The Bertz CT molecular complexity index is 3110. The van der Waals surface area contributed by atoms with E-state index >= 15 is 0 Å². The van der Waals surface area contributed by atoms with Crippen molar-refractivity contribution in [2.75, 3.05) is 33.9 Å². The minimum absolute atomic E-state index is 0.0127. The van der Waals surface area contributed by atoms with Crippen LogP contribution in [0.25, 0.3) is 0 Å². The maximum Gasteiger partial charge on any atom is 0.307 e. The lowest BCUT2D eigenvalue weighted by molar-refractivity contribution is -0.249. The first-order valence-electron chi connectivity index (χ1n) is 28.3. The van der Waals surface area contributed by atoms with Crippen LogP contribution in [0.5, 0.6) is 17.2 Å². The number of Topliss-reactive ketones (excluding diaryl/α,β-unsaturated/α-hetero) is 1. The molecule has 2 aliphatic heterocycles. The number of likely N-dealkylation sites (tertiary alicyclic amines) is 1. The normalized spacial score (nSPS) is 22.7. The number of aliphatic carboxylic acids is 1. The zero-order chi connectivity index (χ0) is 62.5. The Labute approximate surface area is 490 Å². The number of benzene rings is 3. The molecule has 2 fully saturated rings. The van der Waals surface area contributed by atoms with Crippen LogP contribution in [-0.2, 0) is 67.1 Å². The van der Waals surface area contributed by atoms with Crippen molar-refractivity contribution in [1.82, 2.24) is 31.1 Å². The van der Waals surface area contributed by atoms with E-state index in [2.05, 4.69) is 21.3 Å². The van der Waals surface area contributed by atoms with Gasteiger partial charge < -0.3 is 75.9 Å². The smallest absolute Gasteiger partial charge is 0.307 e. The number of rotatable bonds is 23. The van der Waals surface area contributed by atoms with E-state index in [0.717, 1.165) is 0 Å². The van der Waals surface area contributed by atoms with Gasteiger partial charge in [-0.2, -0.15) is 0 Å². The van der Waals surface area contributed by atoms with Crippen LogP contribution in [0, 0.1) is 11.8 Å². The molecule has 0 unspecified atom stereocenters. The quantitative estimate of drug-likeness (QED) is 0.0464. The van der Waals surface area contributed by atoms with Gasteiger partial charge in [0.1, 0.15) is 59.7 Å². The number of nitrogens with zero attached hydrogens (tertiary/aromatic N) is 2. The lowest BCUT2D eigenvalue weighted by atomic mass is 9.72. The number of nitrogens with one attached hydrogen (secondary N) is 4. The third-order valence-corrected chi connectivity index (χ3v) is 16.1. The SMILES string of the molecule is COc1cccc2c1C(=O)c1c(O)c3c(c(O)c1C2=O)C[C@@](O)(C(=O)CO)C[C@@H]3O[C@H]1C[C@H](NC(=O)[C@H](CC(C)C)NC(=O)[C@@H]2CCCN2C(=O)CNC(=O)[C@H](C)NC(=O)[C@H](CC(C)C)N(C)C(=O)Cc2ccc(CC(=O)O)cc2)[C@H](O)[C@H](C)O1. The predicted molar refractivity (Wildman–Crippen MR) is 300 cm³/mol. The predicted octanol–water partition coefficient (Wildman–Crippen LogP) is 1.04. The monoisotopic (exact) mass is 1180 g/mol. The van der Waals surface area contributed by atoms with Gasteiger partial charge in [-0.25, -0.2) is 0 Å². The van der Waals surface area contributed by atoms with Gasteiger partial charge in [-0.05, 0) is 68.6 Å². The molecule has 7 rings (SSSR count).